The maximum atomic E-state index is 11.5. The number of ether oxygens (including phenoxy) is 2. The van der Waals surface area contributed by atoms with E-state index < -0.39 is 0 Å². The van der Waals surface area contributed by atoms with Crippen molar-refractivity contribution in [3.05, 3.63) is 51.5 Å². The van der Waals surface area contributed by atoms with Crippen molar-refractivity contribution < 1.29 is 14.3 Å². The fourth-order valence-electron chi connectivity index (χ4n) is 1.74. The molecule has 1 aromatic heterocycles. The van der Waals surface area contributed by atoms with Gasteiger partial charge in [-0.05, 0) is 24.1 Å². The molecule has 0 fully saturated rings. The van der Waals surface area contributed by atoms with Crippen molar-refractivity contribution in [3.8, 4) is 0 Å². The Morgan fingerprint density at radius 2 is 2.21 bits per heavy atom. The first-order valence-corrected chi connectivity index (χ1v) is 6.77. The standard InChI is InChI=1S/C14H15NO3S/c1-10-5-11(3-4-13(10)14(16)17-2)6-18-7-12-8-19-9-15-12/h3-5,8-9H,6-7H2,1-2H3. The van der Waals surface area contributed by atoms with Crippen molar-refractivity contribution in [3.63, 3.8) is 0 Å². The van der Waals surface area contributed by atoms with Crippen LogP contribution in [-0.4, -0.2) is 18.1 Å². The highest BCUT2D eigenvalue weighted by Gasteiger charge is 2.09. The van der Waals surface area contributed by atoms with Crippen molar-refractivity contribution >= 4 is 17.3 Å². The highest BCUT2D eigenvalue weighted by atomic mass is 32.1. The molecular formula is C14H15NO3S. The predicted octanol–water partition coefficient (Wildman–Crippen LogP) is 2.95. The van der Waals surface area contributed by atoms with Crippen LogP contribution in [0.5, 0.6) is 0 Å². The summed E-state index contributed by atoms with van der Waals surface area (Å²) in [6.07, 6.45) is 0. The maximum absolute atomic E-state index is 11.5. The molecule has 0 radical (unpaired) electrons. The third-order valence-corrected chi connectivity index (χ3v) is 3.33. The van der Waals surface area contributed by atoms with Gasteiger partial charge in [-0.3, -0.25) is 0 Å². The largest absolute Gasteiger partial charge is 0.465 e. The van der Waals surface area contributed by atoms with Gasteiger partial charge in [-0.15, -0.1) is 11.3 Å². The molecule has 0 unspecified atom stereocenters. The van der Waals surface area contributed by atoms with Crippen molar-refractivity contribution in [1.82, 2.24) is 4.98 Å². The molecule has 0 spiro atoms. The van der Waals surface area contributed by atoms with Crippen LogP contribution in [0.15, 0.2) is 29.1 Å². The number of rotatable bonds is 5. The summed E-state index contributed by atoms with van der Waals surface area (Å²) in [7, 11) is 1.38. The summed E-state index contributed by atoms with van der Waals surface area (Å²) in [4.78, 5) is 15.6. The highest BCUT2D eigenvalue weighted by Crippen LogP contribution is 2.14. The van der Waals surface area contributed by atoms with E-state index in [4.69, 9.17) is 9.47 Å². The summed E-state index contributed by atoms with van der Waals surface area (Å²) in [6, 6.07) is 5.58. The molecule has 0 atom stereocenters. The SMILES string of the molecule is COC(=O)c1ccc(COCc2cscn2)cc1C. The molecule has 0 amide bonds. The Balaban J connectivity index is 1.94. The third kappa shape index (κ3) is 3.62. The minimum atomic E-state index is -0.313. The molecule has 0 saturated heterocycles. The topological polar surface area (TPSA) is 48.4 Å². The quantitative estimate of drug-likeness (QED) is 0.788. The lowest BCUT2D eigenvalue weighted by Crippen LogP contribution is -2.04. The Morgan fingerprint density at radius 1 is 1.37 bits per heavy atom. The second kappa shape index (κ2) is 6.45. The summed E-state index contributed by atoms with van der Waals surface area (Å²) >= 11 is 1.55. The zero-order valence-corrected chi connectivity index (χ0v) is 11.7. The number of hydrogen-bond donors (Lipinski definition) is 0. The summed E-state index contributed by atoms with van der Waals surface area (Å²) in [5, 5.41) is 1.96. The smallest absolute Gasteiger partial charge is 0.338 e. The van der Waals surface area contributed by atoms with E-state index in [0.29, 0.717) is 18.8 Å². The van der Waals surface area contributed by atoms with Gasteiger partial charge in [0, 0.05) is 5.38 Å². The van der Waals surface area contributed by atoms with Crippen LogP contribution in [0, 0.1) is 6.92 Å². The first-order chi connectivity index (χ1) is 9.20. The van der Waals surface area contributed by atoms with Gasteiger partial charge in [0.05, 0.1) is 37.1 Å². The molecule has 0 N–H and O–H groups in total. The highest BCUT2D eigenvalue weighted by molar-refractivity contribution is 7.07. The predicted molar refractivity (Wildman–Crippen MR) is 73.1 cm³/mol. The number of esters is 1. The number of carbonyl (C=O) groups is 1. The number of methoxy groups -OCH3 is 1. The Hall–Kier alpha value is -1.72. The monoisotopic (exact) mass is 277 g/mol. The minimum absolute atomic E-state index is 0.313. The Kier molecular flexibility index (Phi) is 4.65. The summed E-state index contributed by atoms with van der Waals surface area (Å²) in [5.41, 5.74) is 5.23. The third-order valence-electron chi connectivity index (χ3n) is 2.70. The van der Waals surface area contributed by atoms with Crippen LogP contribution in [0.25, 0.3) is 0 Å². The molecule has 0 bridgehead atoms. The molecular weight excluding hydrogens is 262 g/mol. The van der Waals surface area contributed by atoms with E-state index >= 15 is 0 Å². The lowest BCUT2D eigenvalue weighted by atomic mass is 10.1. The molecule has 5 heteroatoms. The molecule has 0 aliphatic heterocycles. The summed E-state index contributed by atoms with van der Waals surface area (Å²) in [6.45, 7) is 2.89. The normalized spacial score (nSPS) is 10.4. The second-order valence-corrected chi connectivity index (χ2v) is 4.83. The van der Waals surface area contributed by atoms with Gasteiger partial charge >= 0.3 is 5.97 Å². The van der Waals surface area contributed by atoms with Crippen molar-refractivity contribution in [1.29, 1.82) is 0 Å². The van der Waals surface area contributed by atoms with Gasteiger partial charge in [0.1, 0.15) is 0 Å². The van der Waals surface area contributed by atoms with Gasteiger partial charge in [0.15, 0.2) is 0 Å². The second-order valence-electron chi connectivity index (χ2n) is 4.11. The van der Waals surface area contributed by atoms with E-state index in [2.05, 4.69) is 4.98 Å². The summed E-state index contributed by atoms with van der Waals surface area (Å²) < 4.78 is 10.3. The van der Waals surface area contributed by atoms with E-state index in [0.717, 1.165) is 16.8 Å². The van der Waals surface area contributed by atoms with Crippen LogP contribution in [0.4, 0.5) is 0 Å². The van der Waals surface area contributed by atoms with E-state index in [-0.39, 0.29) is 5.97 Å². The zero-order valence-electron chi connectivity index (χ0n) is 10.9. The summed E-state index contributed by atoms with van der Waals surface area (Å²) in [5.74, 6) is -0.313. The number of benzene rings is 1. The van der Waals surface area contributed by atoms with E-state index in [1.165, 1.54) is 7.11 Å². The van der Waals surface area contributed by atoms with Crippen LogP contribution in [0.1, 0.15) is 27.2 Å². The number of nitrogens with zero attached hydrogens (tertiary/aromatic N) is 1. The average molecular weight is 277 g/mol. The first kappa shape index (κ1) is 13.7. The number of thiazole rings is 1. The molecule has 0 aliphatic carbocycles. The molecule has 0 saturated carbocycles. The zero-order chi connectivity index (χ0) is 13.7. The van der Waals surface area contributed by atoms with E-state index in [1.54, 1.807) is 22.9 Å². The molecule has 2 rings (SSSR count). The van der Waals surface area contributed by atoms with Crippen LogP contribution in [-0.2, 0) is 22.7 Å². The minimum Gasteiger partial charge on any atom is -0.465 e. The lowest BCUT2D eigenvalue weighted by molar-refractivity contribution is 0.0599. The van der Waals surface area contributed by atoms with E-state index in [1.807, 2.05) is 24.4 Å². The molecule has 1 aromatic carbocycles. The van der Waals surface area contributed by atoms with Gasteiger partial charge in [0.2, 0.25) is 0 Å². The van der Waals surface area contributed by atoms with Crippen molar-refractivity contribution in [2.24, 2.45) is 0 Å². The maximum Gasteiger partial charge on any atom is 0.338 e. The molecule has 19 heavy (non-hydrogen) atoms. The van der Waals surface area contributed by atoms with Crippen LogP contribution in [0.3, 0.4) is 0 Å². The van der Waals surface area contributed by atoms with Crippen LogP contribution >= 0.6 is 11.3 Å². The number of aromatic nitrogens is 1. The van der Waals surface area contributed by atoms with Crippen molar-refractivity contribution in [2.75, 3.05) is 7.11 Å². The Labute approximate surface area is 116 Å². The lowest BCUT2D eigenvalue weighted by Gasteiger charge is -2.07. The fourth-order valence-corrected chi connectivity index (χ4v) is 2.28. The number of hydrogen-bond acceptors (Lipinski definition) is 5. The molecule has 2 aromatic rings. The van der Waals surface area contributed by atoms with Gasteiger partial charge in [0.25, 0.3) is 0 Å². The molecule has 0 aliphatic rings. The van der Waals surface area contributed by atoms with Crippen LogP contribution in [0.2, 0.25) is 0 Å². The van der Waals surface area contributed by atoms with E-state index in [9.17, 15) is 4.79 Å². The molecule has 1 heterocycles. The fraction of sp³-hybridized carbons (Fsp3) is 0.286. The average Bonchev–Trinajstić information content (AvgIpc) is 2.91. The van der Waals surface area contributed by atoms with Gasteiger partial charge in [-0.2, -0.15) is 0 Å². The molecule has 4 nitrogen and oxygen atoms in total. The van der Waals surface area contributed by atoms with Gasteiger partial charge in [-0.25, -0.2) is 9.78 Å². The Bertz CT molecular complexity index is 552. The van der Waals surface area contributed by atoms with Crippen molar-refractivity contribution in [2.45, 2.75) is 20.1 Å². The number of aryl methyl sites for hydroxylation is 1. The van der Waals surface area contributed by atoms with Gasteiger partial charge < -0.3 is 9.47 Å². The van der Waals surface area contributed by atoms with Crippen LogP contribution < -0.4 is 0 Å². The molecule has 100 valence electrons. The van der Waals surface area contributed by atoms with Gasteiger partial charge in [-0.1, -0.05) is 12.1 Å². The number of carbonyl (C=O) groups excluding carboxylic acids is 1. The Morgan fingerprint density at radius 3 is 2.84 bits per heavy atom. The first-order valence-electron chi connectivity index (χ1n) is 5.83.